The molecular weight excluding hydrogens is 272 g/mol. The van der Waals surface area contributed by atoms with Crippen LogP contribution >= 0.6 is 15.9 Å². The lowest BCUT2D eigenvalue weighted by Crippen LogP contribution is -1.93. The summed E-state index contributed by atoms with van der Waals surface area (Å²) >= 11 is 3.68. The molecule has 2 rings (SSSR count). The molecule has 0 amide bonds. The highest BCUT2D eigenvalue weighted by Crippen LogP contribution is 2.31. The Balaban J connectivity index is 2.65. The Morgan fingerprint density at radius 2 is 1.82 bits per heavy atom. The smallest absolute Gasteiger partial charge is 0.0256 e. The minimum atomic E-state index is 1.19. The summed E-state index contributed by atoms with van der Waals surface area (Å²) in [6.45, 7) is 6.62. The third-order valence-electron chi connectivity index (χ3n) is 3.36. The first-order chi connectivity index (χ1) is 8.13. The maximum atomic E-state index is 3.68. The van der Waals surface area contributed by atoms with Crippen molar-refractivity contribution in [1.82, 2.24) is 0 Å². The molecule has 0 fully saturated rings. The Labute approximate surface area is 112 Å². The van der Waals surface area contributed by atoms with Crippen LogP contribution in [0.25, 0.3) is 10.8 Å². The lowest BCUT2D eigenvalue weighted by molar-refractivity contribution is 0.795. The van der Waals surface area contributed by atoms with Crippen molar-refractivity contribution in [3.8, 4) is 0 Å². The number of unbranched alkanes of at least 4 members (excludes halogenated alkanes) is 1. The Kier molecular flexibility index (Phi) is 3.88. The van der Waals surface area contributed by atoms with Crippen LogP contribution in [0.1, 0.15) is 36.5 Å². The van der Waals surface area contributed by atoms with E-state index in [-0.39, 0.29) is 0 Å². The molecule has 0 heterocycles. The fourth-order valence-electron chi connectivity index (χ4n) is 2.37. The summed E-state index contributed by atoms with van der Waals surface area (Å²) < 4.78 is 1.22. The van der Waals surface area contributed by atoms with Gasteiger partial charge in [-0.25, -0.2) is 0 Å². The van der Waals surface area contributed by atoms with Crippen LogP contribution in [0.3, 0.4) is 0 Å². The molecule has 0 aromatic heterocycles. The average Bonchev–Trinajstić information content (AvgIpc) is 2.29. The number of fused-ring (bicyclic) bond motifs is 1. The average molecular weight is 291 g/mol. The molecule has 0 atom stereocenters. The van der Waals surface area contributed by atoms with Crippen LogP contribution < -0.4 is 0 Å². The standard InChI is InChI=1S/C16H19Br/c1-4-5-6-13-12(3)10-16(17)15-9-11(2)7-8-14(13)15/h7-10H,4-6H2,1-3H3. The Morgan fingerprint density at radius 1 is 1.06 bits per heavy atom. The van der Waals surface area contributed by atoms with Crippen molar-refractivity contribution in [3.05, 3.63) is 45.4 Å². The maximum absolute atomic E-state index is 3.68. The van der Waals surface area contributed by atoms with Crippen LogP contribution in [-0.4, -0.2) is 0 Å². The minimum Gasteiger partial charge on any atom is -0.0654 e. The zero-order valence-corrected chi connectivity index (χ0v) is 12.4. The van der Waals surface area contributed by atoms with E-state index >= 15 is 0 Å². The summed E-state index contributed by atoms with van der Waals surface area (Å²) in [5, 5.41) is 2.76. The van der Waals surface area contributed by atoms with Crippen molar-refractivity contribution in [2.75, 3.05) is 0 Å². The van der Waals surface area contributed by atoms with E-state index < -0.39 is 0 Å². The van der Waals surface area contributed by atoms with E-state index in [1.54, 1.807) is 0 Å². The van der Waals surface area contributed by atoms with E-state index in [4.69, 9.17) is 0 Å². The molecule has 1 heteroatoms. The van der Waals surface area contributed by atoms with Gasteiger partial charge in [0.05, 0.1) is 0 Å². The fraction of sp³-hybridized carbons (Fsp3) is 0.375. The second kappa shape index (κ2) is 5.22. The highest BCUT2D eigenvalue weighted by Gasteiger charge is 2.08. The van der Waals surface area contributed by atoms with Gasteiger partial charge in [0.1, 0.15) is 0 Å². The first-order valence-electron chi connectivity index (χ1n) is 6.32. The molecule has 0 aliphatic rings. The van der Waals surface area contributed by atoms with Crippen molar-refractivity contribution in [3.63, 3.8) is 0 Å². The number of hydrogen-bond donors (Lipinski definition) is 0. The summed E-state index contributed by atoms with van der Waals surface area (Å²) in [7, 11) is 0. The van der Waals surface area contributed by atoms with Gasteiger partial charge < -0.3 is 0 Å². The molecule has 0 aliphatic carbocycles. The van der Waals surface area contributed by atoms with E-state index in [9.17, 15) is 0 Å². The molecule has 90 valence electrons. The largest absolute Gasteiger partial charge is 0.0654 e. The molecule has 0 nitrogen and oxygen atoms in total. The van der Waals surface area contributed by atoms with Gasteiger partial charge in [0.15, 0.2) is 0 Å². The van der Waals surface area contributed by atoms with E-state index in [2.05, 4.69) is 61.0 Å². The summed E-state index contributed by atoms with van der Waals surface area (Å²) in [6.07, 6.45) is 3.71. The van der Waals surface area contributed by atoms with E-state index in [0.717, 1.165) is 0 Å². The lowest BCUT2D eigenvalue weighted by atomic mass is 9.95. The summed E-state index contributed by atoms with van der Waals surface area (Å²) in [5.74, 6) is 0. The van der Waals surface area contributed by atoms with Crippen LogP contribution in [0.2, 0.25) is 0 Å². The van der Waals surface area contributed by atoms with E-state index in [0.29, 0.717) is 0 Å². The molecule has 2 aromatic rings. The Hall–Kier alpha value is -0.820. The van der Waals surface area contributed by atoms with Crippen molar-refractivity contribution >= 4 is 26.7 Å². The molecule has 0 bridgehead atoms. The van der Waals surface area contributed by atoms with Crippen molar-refractivity contribution in [1.29, 1.82) is 0 Å². The van der Waals surface area contributed by atoms with Crippen LogP contribution in [0.5, 0.6) is 0 Å². The molecule has 0 spiro atoms. The van der Waals surface area contributed by atoms with Gasteiger partial charge in [-0.2, -0.15) is 0 Å². The summed E-state index contributed by atoms with van der Waals surface area (Å²) in [6, 6.07) is 9.01. The van der Waals surface area contributed by atoms with Crippen molar-refractivity contribution in [2.45, 2.75) is 40.0 Å². The number of benzene rings is 2. The van der Waals surface area contributed by atoms with Crippen LogP contribution in [0.15, 0.2) is 28.7 Å². The monoisotopic (exact) mass is 290 g/mol. The zero-order chi connectivity index (χ0) is 12.4. The molecule has 0 radical (unpaired) electrons. The van der Waals surface area contributed by atoms with E-state index in [1.807, 2.05) is 0 Å². The number of aryl methyl sites for hydroxylation is 3. The van der Waals surface area contributed by atoms with Crippen LogP contribution in [0.4, 0.5) is 0 Å². The van der Waals surface area contributed by atoms with E-state index in [1.165, 1.54) is 51.2 Å². The third-order valence-corrected chi connectivity index (χ3v) is 4.01. The molecule has 0 aliphatic heterocycles. The second-order valence-electron chi connectivity index (χ2n) is 4.81. The highest BCUT2D eigenvalue weighted by atomic mass is 79.9. The predicted octanol–water partition coefficient (Wildman–Crippen LogP) is 5.56. The summed E-state index contributed by atoms with van der Waals surface area (Å²) in [4.78, 5) is 0. The Morgan fingerprint density at radius 3 is 2.53 bits per heavy atom. The van der Waals surface area contributed by atoms with Gasteiger partial charge in [-0.1, -0.05) is 53.0 Å². The topological polar surface area (TPSA) is 0 Å². The quantitative estimate of drug-likeness (QED) is 0.694. The van der Waals surface area contributed by atoms with Gasteiger partial charge in [-0.15, -0.1) is 0 Å². The SMILES string of the molecule is CCCCc1c(C)cc(Br)c2cc(C)ccc12. The molecule has 0 saturated heterocycles. The van der Waals surface area contributed by atoms with Crippen LogP contribution in [-0.2, 0) is 6.42 Å². The molecule has 0 N–H and O–H groups in total. The molecule has 17 heavy (non-hydrogen) atoms. The van der Waals surface area contributed by atoms with Gasteiger partial charge in [-0.05, 0) is 54.7 Å². The minimum absolute atomic E-state index is 1.19. The molecular formula is C16H19Br. The second-order valence-corrected chi connectivity index (χ2v) is 5.66. The van der Waals surface area contributed by atoms with Crippen molar-refractivity contribution in [2.24, 2.45) is 0 Å². The van der Waals surface area contributed by atoms with Gasteiger partial charge in [0, 0.05) is 4.47 Å². The number of hydrogen-bond acceptors (Lipinski definition) is 0. The predicted molar refractivity (Wildman–Crippen MR) is 79.7 cm³/mol. The first-order valence-corrected chi connectivity index (χ1v) is 7.11. The lowest BCUT2D eigenvalue weighted by Gasteiger charge is -2.12. The Bertz CT molecular complexity index is 541. The van der Waals surface area contributed by atoms with Crippen LogP contribution in [0, 0.1) is 13.8 Å². The van der Waals surface area contributed by atoms with Gasteiger partial charge >= 0.3 is 0 Å². The van der Waals surface area contributed by atoms with Gasteiger partial charge in [-0.3, -0.25) is 0 Å². The van der Waals surface area contributed by atoms with Gasteiger partial charge in [0.2, 0.25) is 0 Å². The zero-order valence-electron chi connectivity index (χ0n) is 10.8. The third kappa shape index (κ3) is 2.55. The number of halogens is 1. The highest BCUT2D eigenvalue weighted by molar-refractivity contribution is 9.10. The molecule has 0 saturated carbocycles. The first kappa shape index (κ1) is 12.6. The number of rotatable bonds is 3. The fourth-order valence-corrected chi connectivity index (χ4v) is 3.04. The van der Waals surface area contributed by atoms with Gasteiger partial charge in [0.25, 0.3) is 0 Å². The molecule has 0 unspecified atom stereocenters. The maximum Gasteiger partial charge on any atom is 0.0256 e. The summed E-state index contributed by atoms with van der Waals surface area (Å²) in [5.41, 5.74) is 4.25. The van der Waals surface area contributed by atoms with Crippen molar-refractivity contribution < 1.29 is 0 Å². The normalized spacial score (nSPS) is 11.1. The molecule has 2 aromatic carbocycles.